The Kier molecular flexibility index (Phi) is 5.14. The largest absolute Gasteiger partial charge is 0.361 e. The monoisotopic (exact) mass is 335 g/mol. The molecule has 128 valence electrons. The van der Waals surface area contributed by atoms with Gasteiger partial charge in [0.15, 0.2) is 0 Å². The SMILES string of the molecule is C[C@H](NC(=O)Cc1c[nH]c2ccccc12)C(=O)NCc1ccccc1. The first-order valence-electron chi connectivity index (χ1n) is 8.29. The zero-order valence-corrected chi connectivity index (χ0v) is 14.1. The number of rotatable bonds is 6. The molecule has 3 rings (SSSR count). The summed E-state index contributed by atoms with van der Waals surface area (Å²) >= 11 is 0. The molecule has 1 aromatic heterocycles. The van der Waals surface area contributed by atoms with Gasteiger partial charge in [0.1, 0.15) is 6.04 Å². The Balaban J connectivity index is 1.52. The molecule has 2 amide bonds. The third kappa shape index (κ3) is 4.26. The van der Waals surface area contributed by atoms with E-state index in [1.807, 2.05) is 60.8 Å². The molecule has 0 aliphatic rings. The van der Waals surface area contributed by atoms with Crippen molar-refractivity contribution < 1.29 is 9.59 Å². The average molecular weight is 335 g/mol. The molecule has 1 atom stereocenters. The van der Waals surface area contributed by atoms with Crippen LogP contribution < -0.4 is 10.6 Å². The molecule has 25 heavy (non-hydrogen) atoms. The van der Waals surface area contributed by atoms with Crippen LogP contribution in [0.2, 0.25) is 0 Å². The predicted molar refractivity (Wildman–Crippen MR) is 97.9 cm³/mol. The lowest BCUT2D eigenvalue weighted by molar-refractivity contribution is -0.128. The van der Waals surface area contributed by atoms with Gasteiger partial charge in [0.2, 0.25) is 11.8 Å². The highest BCUT2D eigenvalue weighted by atomic mass is 16.2. The normalized spacial score (nSPS) is 11.9. The lowest BCUT2D eigenvalue weighted by Gasteiger charge is -2.14. The third-order valence-electron chi connectivity index (χ3n) is 4.11. The van der Waals surface area contributed by atoms with Crippen LogP contribution in [0.15, 0.2) is 60.8 Å². The molecule has 0 aliphatic heterocycles. The number of carbonyl (C=O) groups is 2. The zero-order chi connectivity index (χ0) is 17.6. The molecule has 3 aromatic rings. The molecule has 0 radical (unpaired) electrons. The molecule has 0 aliphatic carbocycles. The Bertz CT molecular complexity index is 871. The van der Waals surface area contributed by atoms with Crippen LogP contribution in [0.3, 0.4) is 0 Å². The number of hydrogen-bond donors (Lipinski definition) is 3. The maximum absolute atomic E-state index is 12.2. The van der Waals surface area contributed by atoms with E-state index in [1.54, 1.807) is 6.92 Å². The standard InChI is InChI=1S/C20H21N3O2/c1-14(20(25)22-12-15-7-3-2-4-8-15)23-19(24)11-16-13-21-18-10-6-5-9-17(16)18/h2-10,13-14,21H,11-12H2,1H3,(H,22,25)(H,23,24)/t14-/m0/s1. The smallest absolute Gasteiger partial charge is 0.242 e. The minimum Gasteiger partial charge on any atom is -0.361 e. The number of carbonyl (C=O) groups excluding carboxylic acids is 2. The van der Waals surface area contributed by atoms with Crippen molar-refractivity contribution in [1.29, 1.82) is 0 Å². The van der Waals surface area contributed by atoms with Gasteiger partial charge in [0.05, 0.1) is 6.42 Å². The van der Waals surface area contributed by atoms with Crippen molar-refractivity contribution >= 4 is 22.7 Å². The molecule has 5 heteroatoms. The van der Waals surface area contributed by atoms with Gasteiger partial charge in [-0.25, -0.2) is 0 Å². The fourth-order valence-electron chi connectivity index (χ4n) is 2.75. The van der Waals surface area contributed by atoms with E-state index in [1.165, 1.54) is 0 Å². The number of nitrogens with one attached hydrogen (secondary N) is 3. The molecule has 0 bridgehead atoms. The topological polar surface area (TPSA) is 74.0 Å². The van der Waals surface area contributed by atoms with Crippen LogP contribution in [0.4, 0.5) is 0 Å². The summed E-state index contributed by atoms with van der Waals surface area (Å²) in [6.07, 6.45) is 2.07. The molecule has 0 saturated heterocycles. The lowest BCUT2D eigenvalue weighted by Crippen LogP contribution is -2.45. The van der Waals surface area contributed by atoms with E-state index < -0.39 is 6.04 Å². The van der Waals surface area contributed by atoms with Crippen LogP contribution in [0, 0.1) is 0 Å². The van der Waals surface area contributed by atoms with Crippen LogP contribution in [0.25, 0.3) is 10.9 Å². The van der Waals surface area contributed by atoms with E-state index in [2.05, 4.69) is 15.6 Å². The molecular formula is C20H21N3O2. The van der Waals surface area contributed by atoms with Gasteiger partial charge in [0, 0.05) is 23.6 Å². The van der Waals surface area contributed by atoms with Crippen LogP contribution >= 0.6 is 0 Å². The number of H-pyrrole nitrogens is 1. The van der Waals surface area contributed by atoms with Crippen molar-refractivity contribution in [3.8, 4) is 0 Å². The molecule has 3 N–H and O–H groups in total. The Morgan fingerprint density at radius 1 is 1.04 bits per heavy atom. The number of amides is 2. The number of para-hydroxylation sites is 1. The summed E-state index contributed by atoms with van der Waals surface area (Å²) in [6.45, 7) is 2.13. The number of aromatic amines is 1. The highest BCUT2D eigenvalue weighted by Crippen LogP contribution is 2.17. The number of fused-ring (bicyclic) bond motifs is 1. The van der Waals surface area contributed by atoms with Gasteiger partial charge in [-0.3, -0.25) is 9.59 Å². The van der Waals surface area contributed by atoms with Gasteiger partial charge in [-0.2, -0.15) is 0 Å². The lowest BCUT2D eigenvalue weighted by atomic mass is 10.1. The number of benzene rings is 2. The minimum atomic E-state index is -0.582. The molecular weight excluding hydrogens is 314 g/mol. The highest BCUT2D eigenvalue weighted by Gasteiger charge is 2.16. The summed E-state index contributed by atoms with van der Waals surface area (Å²) in [5, 5.41) is 6.61. The quantitative estimate of drug-likeness (QED) is 0.647. The first-order valence-corrected chi connectivity index (χ1v) is 8.29. The predicted octanol–water partition coefficient (Wildman–Crippen LogP) is 2.53. The van der Waals surface area contributed by atoms with E-state index in [0.717, 1.165) is 22.0 Å². The average Bonchev–Trinajstić information content (AvgIpc) is 3.03. The van der Waals surface area contributed by atoms with Gasteiger partial charge in [-0.05, 0) is 24.1 Å². The van der Waals surface area contributed by atoms with Gasteiger partial charge in [-0.1, -0.05) is 48.5 Å². The Labute approximate surface area is 146 Å². The fraction of sp³-hybridized carbons (Fsp3) is 0.200. The van der Waals surface area contributed by atoms with Crippen LogP contribution in [0.5, 0.6) is 0 Å². The number of aromatic nitrogens is 1. The maximum Gasteiger partial charge on any atom is 0.242 e. The molecule has 0 saturated carbocycles. The van der Waals surface area contributed by atoms with E-state index in [4.69, 9.17) is 0 Å². The Hall–Kier alpha value is -3.08. The number of hydrogen-bond acceptors (Lipinski definition) is 2. The molecule has 1 heterocycles. The highest BCUT2D eigenvalue weighted by molar-refractivity contribution is 5.91. The van der Waals surface area contributed by atoms with Gasteiger partial charge < -0.3 is 15.6 Å². The first kappa shape index (κ1) is 16.8. The van der Waals surface area contributed by atoms with Crippen LogP contribution in [-0.2, 0) is 22.6 Å². The second kappa shape index (κ2) is 7.66. The summed E-state index contributed by atoms with van der Waals surface area (Å²) in [5.41, 5.74) is 2.94. The van der Waals surface area contributed by atoms with Crippen molar-refractivity contribution in [2.75, 3.05) is 0 Å². The van der Waals surface area contributed by atoms with Crippen molar-refractivity contribution in [1.82, 2.24) is 15.6 Å². The van der Waals surface area contributed by atoms with Crippen molar-refractivity contribution in [3.05, 3.63) is 71.9 Å². The Morgan fingerprint density at radius 2 is 1.76 bits per heavy atom. The molecule has 5 nitrogen and oxygen atoms in total. The van der Waals surface area contributed by atoms with E-state index in [-0.39, 0.29) is 18.2 Å². The maximum atomic E-state index is 12.2. The summed E-state index contributed by atoms with van der Waals surface area (Å²) in [6, 6.07) is 16.9. The summed E-state index contributed by atoms with van der Waals surface area (Å²) < 4.78 is 0. The summed E-state index contributed by atoms with van der Waals surface area (Å²) in [7, 11) is 0. The summed E-state index contributed by atoms with van der Waals surface area (Å²) in [4.78, 5) is 27.5. The first-order chi connectivity index (χ1) is 12.1. The molecule has 0 fully saturated rings. The summed E-state index contributed by atoms with van der Waals surface area (Å²) in [5.74, 6) is -0.372. The van der Waals surface area contributed by atoms with Crippen molar-refractivity contribution in [2.45, 2.75) is 25.9 Å². The van der Waals surface area contributed by atoms with Crippen LogP contribution in [-0.4, -0.2) is 22.8 Å². The second-order valence-corrected chi connectivity index (χ2v) is 6.03. The third-order valence-corrected chi connectivity index (χ3v) is 4.11. The van der Waals surface area contributed by atoms with E-state index in [9.17, 15) is 9.59 Å². The molecule has 0 unspecified atom stereocenters. The zero-order valence-electron chi connectivity index (χ0n) is 14.1. The van der Waals surface area contributed by atoms with Crippen LogP contribution in [0.1, 0.15) is 18.1 Å². The van der Waals surface area contributed by atoms with E-state index >= 15 is 0 Å². The van der Waals surface area contributed by atoms with Gasteiger partial charge in [0.25, 0.3) is 0 Å². The van der Waals surface area contributed by atoms with Crippen molar-refractivity contribution in [3.63, 3.8) is 0 Å². The molecule has 0 spiro atoms. The minimum absolute atomic E-state index is 0.174. The van der Waals surface area contributed by atoms with Gasteiger partial charge in [-0.15, -0.1) is 0 Å². The second-order valence-electron chi connectivity index (χ2n) is 6.03. The Morgan fingerprint density at radius 3 is 2.56 bits per heavy atom. The van der Waals surface area contributed by atoms with Gasteiger partial charge >= 0.3 is 0 Å². The van der Waals surface area contributed by atoms with Crippen molar-refractivity contribution in [2.24, 2.45) is 0 Å². The fourth-order valence-corrected chi connectivity index (χ4v) is 2.75. The van der Waals surface area contributed by atoms with E-state index in [0.29, 0.717) is 6.54 Å². The molecule has 2 aromatic carbocycles.